The van der Waals surface area contributed by atoms with E-state index in [1.807, 2.05) is 24.4 Å². The Bertz CT molecular complexity index is 3010. The minimum Gasteiger partial charge on any atom is -0.509 e. The number of fused-ring (bicyclic) bond motifs is 4. The number of benzene rings is 6. The van der Waals surface area contributed by atoms with Gasteiger partial charge >= 0.3 is 0 Å². The Morgan fingerprint density at radius 1 is 0.500 bits per heavy atom. The summed E-state index contributed by atoms with van der Waals surface area (Å²) >= 11 is 0. The molecule has 0 saturated heterocycles. The molecule has 9 rings (SSSR count). The number of ether oxygens (including phenoxy) is 1. The van der Waals surface area contributed by atoms with Crippen LogP contribution in [0.25, 0.3) is 38.8 Å². The van der Waals surface area contributed by atoms with E-state index in [4.69, 9.17) is 9.72 Å². The van der Waals surface area contributed by atoms with Gasteiger partial charge in [-0.15, -0.1) is 48.1 Å². The molecule has 1 aliphatic rings. The van der Waals surface area contributed by atoms with Crippen molar-refractivity contribution < 1.29 is 25.8 Å². The molecule has 0 bridgehead atoms. The van der Waals surface area contributed by atoms with Crippen LogP contribution in [0.1, 0.15) is 105 Å². The molecule has 1 aliphatic heterocycles. The van der Waals surface area contributed by atoms with Gasteiger partial charge in [0, 0.05) is 61.3 Å². The third kappa shape index (κ3) is 8.64. The topological polar surface area (TPSA) is 33.5 Å². The van der Waals surface area contributed by atoms with E-state index in [1.165, 1.54) is 33.4 Å². The van der Waals surface area contributed by atoms with Crippen LogP contribution in [0.15, 0.2) is 134 Å². The van der Waals surface area contributed by atoms with Gasteiger partial charge in [0.25, 0.3) is 0 Å². The van der Waals surface area contributed by atoms with Gasteiger partial charge in [0.1, 0.15) is 5.82 Å². The molecule has 0 radical (unpaired) electrons. The van der Waals surface area contributed by atoms with Crippen molar-refractivity contribution in [3.8, 4) is 28.4 Å². The Morgan fingerprint density at radius 2 is 1.14 bits per heavy atom. The van der Waals surface area contributed by atoms with Crippen molar-refractivity contribution in [1.82, 2.24) is 9.55 Å². The summed E-state index contributed by atoms with van der Waals surface area (Å²) in [5.41, 5.74) is 13.5. The Hall–Kier alpha value is -5.64. The fourth-order valence-electron chi connectivity index (χ4n) is 8.45. The molecular weight excluding hydrogens is 964 g/mol. The molecule has 0 atom stereocenters. The van der Waals surface area contributed by atoms with Crippen molar-refractivity contribution >= 4 is 44.6 Å². The van der Waals surface area contributed by atoms with Crippen LogP contribution in [0.3, 0.4) is 0 Å². The number of anilines is 4. The molecule has 0 N–H and O–H groups in total. The summed E-state index contributed by atoms with van der Waals surface area (Å²) in [6.45, 7) is 29.4. The van der Waals surface area contributed by atoms with Crippen molar-refractivity contribution in [2.75, 3.05) is 9.80 Å². The first-order valence-electron chi connectivity index (χ1n) is 22.2. The molecule has 6 aromatic carbocycles. The molecule has 0 saturated carbocycles. The first-order chi connectivity index (χ1) is 29.7. The number of hydrogen-bond acceptors (Lipinski definition) is 4. The van der Waals surface area contributed by atoms with Crippen LogP contribution in [0.4, 0.5) is 22.7 Å². The molecule has 330 valence electrons. The zero-order chi connectivity index (χ0) is 44.6. The second-order valence-electron chi connectivity index (χ2n) is 21.3. The van der Waals surface area contributed by atoms with Crippen molar-refractivity contribution in [2.45, 2.75) is 105 Å². The van der Waals surface area contributed by atoms with E-state index in [0.29, 0.717) is 11.5 Å². The van der Waals surface area contributed by atoms with Gasteiger partial charge in [0.15, 0.2) is 0 Å². The second kappa shape index (κ2) is 16.4. The van der Waals surface area contributed by atoms with E-state index in [1.54, 1.807) is 0 Å². The average molecular weight is 1020 g/mol. The summed E-state index contributed by atoms with van der Waals surface area (Å²) in [4.78, 5) is 9.51. The normalized spacial score (nSPS) is 13.4. The summed E-state index contributed by atoms with van der Waals surface area (Å²) in [6.07, 6.45) is 1.92. The van der Waals surface area contributed by atoms with Gasteiger partial charge in [-0.2, -0.15) is 12.1 Å². The first kappa shape index (κ1) is 44.9. The van der Waals surface area contributed by atoms with Crippen LogP contribution in [-0.4, -0.2) is 9.55 Å². The molecule has 8 aromatic rings. The van der Waals surface area contributed by atoms with Crippen LogP contribution < -0.4 is 14.5 Å². The molecule has 2 aromatic heterocycles. The van der Waals surface area contributed by atoms with E-state index in [-0.39, 0.29) is 42.7 Å². The minimum absolute atomic E-state index is 0. The van der Waals surface area contributed by atoms with Gasteiger partial charge in [0.05, 0.1) is 0 Å². The second-order valence-corrected chi connectivity index (χ2v) is 21.3. The molecule has 3 heterocycles. The van der Waals surface area contributed by atoms with Gasteiger partial charge in [-0.05, 0) is 103 Å². The van der Waals surface area contributed by atoms with Crippen LogP contribution in [0, 0.1) is 18.8 Å². The molecule has 64 heavy (non-hydrogen) atoms. The third-order valence-electron chi connectivity index (χ3n) is 12.4. The first-order valence-corrected chi connectivity index (χ1v) is 22.2. The van der Waals surface area contributed by atoms with Gasteiger partial charge in [-0.1, -0.05) is 143 Å². The van der Waals surface area contributed by atoms with Gasteiger partial charge in [-0.3, -0.25) is 0 Å². The summed E-state index contributed by atoms with van der Waals surface area (Å²) in [6, 6.07) is 53.2. The number of aromatic nitrogens is 2. The maximum absolute atomic E-state index is 6.71. The molecule has 0 unspecified atom stereocenters. The predicted octanol–water partition coefficient (Wildman–Crippen LogP) is 15.8. The Labute approximate surface area is 395 Å². The molecule has 0 amide bonds. The fraction of sp³-hybridized carbons (Fsp3) is 0.276. The SMILES string of the molecule is CC(C)(C)c1cc(-c2ccccc2)cc(N2[CH-]N(c3[c-]c(Oc4[c-]c5c(cc4)c4ccc(C(C)(C)C)cc4n5-c4cc(C(C)(C)C)ccn4)ccc3)c3ccc(C(C)(C)C)cc32)c1.[Pt]. The molecule has 0 aliphatic carbocycles. The maximum Gasteiger partial charge on any atom is 0.135 e. The fourth-order valence-corrected chi connectivity index (χ4v) is 8.45. The Morgan fingerprint density at radius 3 is 1.84 bits per heavy atom. The quantitative estimate of drug-likeness (QED) is 0.155. The van der Waals surface area contributed by atoms with Crippen molar-refractivity contribution in [3.63, 3.8) is 0 Å². The largest absolute Gasteiger partial charge is 0.509 e. The summed E-state index contributed by atoms with van der Waals surface area (Å²) in [5, 5.41) is 2.26. The number of pyridine rings is 1. The number of rotatable bonds is 6. The van der Waals surface area contributed by atoms with E-state index in [2.05, 4.69) is 225 Å². The van der Waals surface area contributed by atoms with Crippen LogP contribution >= 0.6 is 0 Å². The zero-order valence-corrected chi connectivity index (χ0v) is 41.6. The number of nitrogens with zero attached hydrogens (tertiary/aromatic N) is 4. The summed E-state index contributed by atoms with van der Waals surface area (Å²) < 4.78 is 8.96. The monoisotopic (exact) mass is 1020 g/mol. The van der Waals surface area contributed by atoms with Gasteiger partial charge < -0.3 is 19.1 Å². The minimum atomic E-state index is -0.0504. The molecular formula is C58H59N4OPt-3. The standard InChI is InChI=1S/C58H59N4O.Pt/c1-55(2,3)40-21-24-48-49-25-23-47(36-52(49)62(51(48)32-40)54-34-42(27-28-59-54)57(7,8)9)63-46-20-16-19-44(35-46)60-37-61(53-33-41(56(4,5)6)22-26-50(53)60)45-30-39(38-17-14-13-15-18-38)29-43(31-45)58(10,11)12;/h13-34,37H,1-12H3;/q-3;. The average Bonchev–Trinajstić information content (AvgIpc) is 3.78. The predicted molar refractivity (Wildman–Crippen MR) is 264 cm³/mol. The van der Waals surface area contributed by atoms with E-state index in [0.717, 1.165) is 50.4 Å². The van der Waals surface area contributed by atoms with E-state index >= 15 is 0 Å². The zero-order valence-electron chi connectivity index (χ0n) is 39.3. The molecule has 6 heteroatoms. The van der Waals surface area contributed by atoms with Crippen molar-refractivity contribution in [2.24, 2.45) is 0 Å². The van der Waals surface area contributed by atoms with Crippen LogP contribution in [-0.2, 0) is 42.7 Å². The van der Waals surface area contributed by atoms with E-state index in [9.17, 15) is 0 Å². The molecule has 0 fully saturated rings. The maximum atomic E-state index is 6.71. The Balaban J connectivity index is 0.00000560. The van der Waals surface area contributed by atoms with Crippen LogP contribution in [0.2, 0.25) is 0 Å². The van der Waals surface area contributed by atoms with Gasteiger partial charge in [-0.25, -0.2) is 4.98 Å². The van der Waals surface area contributed by atoms with Crippen LogP contribution in [0.5, 0.6) is 11.5 Å². The molecule has 0 spiro atoms. The summed E-state index contributed by atoms with van der Waals surface area (Å²) in [5.74, 6) is 2.08. The van der Waals surface area contributed by atoms with Gasteiger partial charge in [0.2, 0.25) is 0 Å². The summed E-state index contributed by atoms with van der Waals surface area (Å²) in [7, 11) is 0. The Kier molecular flexibility index (Phi) is 11.5. The smallest absolute Gasteiger partial charge is 0.135 e. The third-order valence-corrected chi connectivity index (χ3v) is 12.4. The van der Waals surface area contributed by atoms with E-state index < -0.39 is 0 Å². The molecule has 5 nitrogen and oxygen atoms in total. The number of hydrogen-bond donors (Lipinski definition) is 0. The van der Waals surface area contributed by atoms with Crippen molar-refractivity contribution in [1.29, 1.82) is 0 Å². The van der Waals surface area contributed by atoms with Crippen molar-refractivity contribution in [3.05, 3.63) is 175 Å².